The van der Waals surface area contributed by atoms with Crippen LogP contribution >= 0.6 is 22.6 Å². The first-order valence-electron chi connectivity index (χ1n) is 6.40. The van der Waals surface area contributed by atoms with Crippen molar-refractivity contribution in [2.45, 2.75) is 67.4 Å². The monoisotopic (exact) mass is 386 g/mol. The second-order valence-electron chi connectivity index (χ2n) is 6.65. The van der Waals surface area contributed by atoms with E-state index >= 15 is 0 Å². The zero-order chi connectivity index (χ0) is 13.7. The van der Waals surface area contributed by atoms with Crippen LogP contribution in [0.15, 0.2) is 0 Å². The molecule has 18 heavy (non-hydrogen) atoms. The maximum Gasteiger partial charge on any atom is 0.192 e. The molecule has 2 bridgehead atoms. The molecule has 0 radical (unpaired) electrons. The molecule has 2 aliphatic rings. The third-order valence-corrected chi connectivity index (χ3v) is 10.1. The molecule has 0 aromatic carbocycles. The molecular weight excluding hydrogens is 363 g/mol. The molecule has 0 saturated carbocycles. The van der Waals surface area contributed by atoms with Gasteiger partial charge in [-0.2, -0.15) is 0 Å². The molecular formula is C12H23IO4Si. The Kier molecular flexibility index (Phi) is 4.18. The lowest BCUT2D eigenvalue weighted by Gasteiger charge is -2.37. The number of halogens is 1. The fourth-order valence-electron chi connectivity index (χ4n) is 1.96. The van der Waals surface area contributed by atoms with Crippen molar-refractivity contribution in [3.63, 3.8) is 0 Å². The van der Waals surface area contributed by atoms with Gasteiger partial charge in [-0.3, -0.25) is 0 Å². The number of ether oxygens (including phenoxy) is 2. The van der Waals surface area contributed by atoms with Crippen molar-refractivity contribution < 1.29 is 19.0 Å². The van der Waals surface area contributed by atoms with Gasteiger partial charge < -0.3 is 19.0 Å². The minimum atomic E-state index is -1.76. The van der Waals surface area contributed by atoms with E-state index in [-0.39, 0.29) is 27.5 Å². The molecule has 0 aromatic heterocycles. The summed E-state index contributed by atoms with van der Waals surface area (Å²) in [6.07, 6.45) is -1.04. The Bertz CT molecular complexity index is 316. The van der Waals surface area contributed by atoms with Crippen molar-refractivity contribution in [3.05, 3.63) is 0 Å². The van der Waals surface area contributed by atoms with E-state index in [0.717, 1.165) is 0 Å². The predicted octanol–water partition coefficient (Wildman–Crippen LogP) is 2.30. The topological polar surface area (TPSA) is 47.9 Å². The van der Waals surface area contributed by atoms with Crippen molar-refractivity contribution in [2.75, 3.05) is 6.61 Å². The first-order valence-corrected chi connectivity index (χ1v) is 10.6. The fourth-order valence-corrected chi connectivity index (χ4v) is 3.72. The van der Waals surface area contributed by atoms with Crippen molar-refractivity contribution in [3.8, 4) is 0 Å². The molecule has 2 saturated heterocycles. The summed E-state index contributed by atoms with van der Waals surface area (Å²) in [6, 6.07) is 0. The lowest BCUT2D eigenvalue weighted by Crippen LogP contribution is -2.48. The first kappa shape index (κ1) is 15.2. The second-order valence-corrected chi connectivity index (χ2v) is 12.9. The minimum absolute atomic E-state index is 0.0386. The molecule has 2 aliphatic heterocycles. The average molecular weight is 386 g/mol. The SMILES string of the molecule is CC(C)(C)[Si](C)(C)OC[C@H]1O[C@H]2O[C@@H]1[C@H](O)[C@H]2I. The highest BCUT2D eigenvalue weighted by Crippen LogP contribution is 2.40. The maximum atomic E-state index is 9.99. The molecule has 5 atom stereocenters. The number of aliphatic hydroxyl groups is 1. The van der Waals surface area contributed by atoms with Crippen molar-refractivity contribution in [2.24, 2.45) is 0 Å². The molecule has 106 valence electrons. The molecule has 0 amide bonds. The van der Waals surface area contributed by atoms with Gasteiger partial charge in [0.05, 0.1) is 16.6 Å². The van der Waals surface area contributed by atoms with E-state index in [0.29, 0.717) is 6.61 Å². The van der Waals surface area contributed by atoms with Gasteiger partial charge in [-0.15, -0.1) is 0 Å². The Morgan fingerprint density at radius 1 is 1.28 bits per heavy atom. The minimum Gasteiger partial charge on any atom is -0.414 e. The van der Waals surface area contributed by atoms with Gasteiger partial charge in [-0.05, 0) is 18.1 Å². The summed E-state index contributed by atoms with van der Waals surface area (Å²) >= 11 is 2.19. The number of aliphatic hydroxyl groups excluding tert-OH is 1. The summed E-state index contributed by atoms with van der Waals surface area (Å²) in [7, 11) is -1.76. The van der Waals surface area contributed by atoms with Crippen LogP contribution in [0, 0.1) is 0 Å². The number of alkyl halides is 1. The van der Waals surface area contributed by atoms with Crippen LogP contribution < -0.4 is 0 Å². The van der Waals surface area contributed by atoms with Gasteiger partial charge in [0.25, 0.3) is 0 Å². The van der Waals surface area contributed by atoms with E-state index in [1.165, 1.54) is 0 Å². The Labute approximate surface area is 124 Å². The van der Waals surface area contributed by atoms with Gasteiger partial charge in [0.2, 0.25) is 0 Å². The van der Waals surface area contributed by atoms with Crippen LogP contribution in [0.3, 0.4) is 0 Å². The Balaban J connectivity index is 1.90. The number of hydrogen-bond donors (Lipinski definition) is 1. The van der Waals surface area contributed by atoms with Gasteiger partial charge >= 0.3 is 0 Å². The number of fused-ring (bicyclic) bond motifs is 2. The molecule has 2 heterocycles. The van der Waals surface area contributed by atoms with E-state index in [9.17, 15) is 5.11 Å². The van der Waals surface area contributed by atoms with Crippen LogP contribution in [-0.4, -0.2) is 48.6 Å². The quantitative estimate of drug-likeness (QED) is 0.460. The first-order chi connectivity index (χ1) is 8.13. The number of rotatable bonds is 3. The third kappa shape index (κ3) is 2.64. The standard InChI is InChI=1S/C12H23IO4Si/c1-12(2,3)18(4,5)15-6-7-10-9(14)8(13)11(16-7)17-10/h7-11,14H,6H2,1-5H3/t7-,8-,9-,10+,11+/m1/s1. The van der Waals surface area contributed by atoms with E-state index in [1.54, 1.807) is 0 Å². The zero-order valence-corrected chi connectivity index (χ0v) is 14.8. The molecule has 2 rings (SSSR count). The third-order valence-electron chi connectivity index (χ3n) is 4.30. The van der Waals surface area contributed by atoms with E-state index < -0.39 is 14.4 Å². The molecule has 2 fully saturated rings. The van der Waals surface area contributed by atoms with Gasteiger partial charge in [-0.25, -0.2) is 0 Å². The lowest BCUT2D eigenvalue weighted by atomic mass is 10.1. The van der Waals surface area contributed by atoms with Gasteiger partial charge in [0.15, 0.2) is 14.6 Å². The van der Waals surface area contributed by atoms with Crippen LogP contribution in [0.5, 0.6) is 0 Å². The summed E-state index contributed by atoms with van der Waals surface area (Å²) in [5, 5.41) is 10.2. The fraction of sp³-hybridized carbons (Fsp3) is 1.00. The van der Waals surface area contributed by atoms with Crippen molar-refractivity contribution in [1.29, 1.82) is 0 Å². The summed E-state index contributed by atoms with van der Waals surface area (Å²) in [5.74, 6) is 0. The zero-order valence-electron chi connectivity index (χ0n) is 11.6. The normalized spacial score (nSPS) is 40.5. The molecule has 0 aliphatic carbocycles. The summed E-state index contributed by atoms with van der Waals surface area (Å²) in [4.78, 5) is 0. The molecule has 1 N–H and O–H groups in total. The second kappa shape index (κ2) is 4.96. The highest BCUT2D eigenvalue weighted by atomic mass is 127. The van der Waals surface area contributed by atoms with Crippen LogP contribution in [0.25, 0.3) is 0 Å². The Morgan fingerprint density at radius 3 is 2.33 bits per heavy atom. The van der Waals surface area contributed by atoms with E-state index in [2.05, 4.69) is 56.5 Å². The smallest absolute Gasteiger partial charge is 0.192 e. The Hall–Kier alpha value is 0.787. The predicted molar refractivity (Wildman–Crippen MR) is 80.5 cm³/mol. The molecule has 6 heteroatoms. The average Bonchev–Trinajstić information content (AvgIpc) is 2.76. The number of hydrogen-bond acceptors (Lipinski definition) is 4. The van der Waals surface area contributed by atoms with E-state index in [1.807, 2.05) is 0 Å². The highest BCUT2D eigenvalue weighted by Gasteiger charge is 2.54. The largest absolute Gasteiger partial charge is 0.414 e. The van der Waals surface area contributed by atoms with Gasteiger partial charge in [0.1, 0.15) is 12.2 Å². The molecule has 0 unspecified atom stereocenters. The van der Waals surface area contributed by atoms with Gasteiger partial charge in [0, 0.05) is 0 Å². The molecule has 0 spiro atoms. The molecule has 0 aromatic rings. The summed E-state index contributed by atoms with van der Waals surface area (Å²) < 4.78 is 17.5. The van der Waals surface area contributed by atoms with Crippen LogP contribution in [0.1, 0.15) is 20.8 Å². The van der Waals surface area contributed by atoms with Crippen molar-refractivity contribution >= 4 is 30.9 Å². The van der Waals surface area contributed by atoms with E-state index in [4.69, 9.17) is 13.9 Å². The van der Waals surface area contributed by atoms with Crippen LogP contribution in [0.2, 0.25) is 18.1 Å². The van der Waals surface area contributed by atoms with Crippen molar-refractivity contribution in [1.82, 2.24) is 0 Å². The Morgan fingerprint density at radius 2 is 1.89 bits per heavy atom. The summed E-state index contributed by atoms with van der Waals surface area (Å²) in [5.41, 5.74) is 0. The van der Waals surface area contributed by atoms with Crippen LogP contribution in [-0.2, 0) is 13.9 Å². The lowest BCUT2D eigenvalue weighted by molar-refractivity contribution is -0.0604. The molecule has 4 nitrogen and oxygen atoms in total. The maximum absolute atomic E-state index is 9.99. The summed E-state index contributed by atoms with van der Waals surface area (Å²) in [6.45, 7) is 11.6. The van der Waals surface area contributed by atoms with Crippen LogP contribution in [0.4, 0.5) is 0 Å². The highest BCUT2D eigenvalue weighted by molar-refractivity contribution is 14.1. The van der Waals surface area contributed by atoms with Gasteiger partial charge in [-0.1, -0.05) is 43.4 Å².